The molecule has 13 heteroatoms. The molecular formula is C37H42N10O3. The van der Waals surface area contributed by atoms with Gasteiger partial charge < -0.3 is 20.7 Å². The van der Waals surface area contributed by atoms with Gasteiger partial charge in [0.25, 0.3) is 11.8 Å². The number of pyridine rings is 2. The number of likely N-dealkylation sites (tertiary alicyclic amines) is 1. The minimum absolute atomic E-state index is 0.134. The molecule has 0 aliphatic carbocycles. The van der Waals surface area contributed by atoms with Crippen molar-refractivity contribution in [1.29, 1.82) is 5.26 Å². The Morgan fingerprint density at radius 3 is 2.46 bits per heavy atom. The number of aromatic nitrogens is 4. The van der Waals surface area contributed by atoms with Gasteiger partial charge in [0.1, 0.15) is 29.0 Å². The zero-order chi connectivity index (χ0) is 34.8. The number of carbonyl (C=O) groups excluding carboxylic acids is 2. The number of hydrogen-bond donors (Lipinski definition) is 2. The van der Waals surface area contributed by atoms with Gasteiger partial charge in [0.15, 0.2) is 0 Å². The topological polar surface area (TPSA) is 159 Å². The van der Waals surface area contributed by atoms with Crippen molar-refractivity contribution in [3.63, 3.8) is 0 Å². The lowest BCUT2D eigenvalue weighted by atomic mass is 9.96. The highest BCUT2D eigenvalue weighted by Crippen LogP contribution is 2.35. The first-order valence-corrected chi connectivity index (χ1v) is 17.2. The van der Waals surface area contributed by atoms with E-state index < -0.39 is 5.54 Å². The lowest BCUT2D eigenvalue weighted by molar-refractivity contribution is -0.128. The SMILES string of the molecule is CC(C)(C=C(C#N)C(=O)N1CCCC(n2nc(-c3ccc(C(=O)Nc4ccccn4)cc3)c3c(N)nccc32)C1)N1CCN(C2COC2)CC1. The molecule has 258 valence electrons. The van der Waals surface area contributed by atoms with Crippen molar-refractivity contribution in [2.24, 2.45) is 0 Å². The van der Waals surface area contributed by atoms with Crippen LogP contribution in [0, 0.1) is 11.3 Å². The van der Waals surface area contributed by atoms with Gasteiger partial charge in [-0.15, -0.1) is 0 Å². The second-order valence-electron chi connectivity index (χ2n) is 13.7. The van der Waals surface area contributed by atoms with Gasteiger partial charge in [-0.25, -0.2) is 9.97 Å². The van der Waals surface area contributed by atoms with Crippen LogP contribution in [-0.2, 0) is 9.53 Å². The average molecular weight is 675 g/mol. The van der Waals surface area contributed by atoms with Gasteiger partial charge in [0.05, 0.1) is 36.2 Å². The summed E-state index contributed by atoms with van der Waals surface area (Å²) in [5.74, 6) is 0.297. The third-order valence-electron chi connectivity index (χ3n) is 10.1. The van der Waals surface area contributed by atoms with Gasteiger partial charge >= 0.3 is 0 Å². The maximum atomic E-state index is 13.9. The second kappa shape index (κ2) is 14.0. The molecule has 0 spiro atoms. The van der Waals surface area contributed by atoms with Crippen LogP contribution < -0.4 is 11.1 Å². The van der Waals surface area contributed by atoms with Crippen LogP contribution in [0.4, 0.5) is 11.6 Å². The van der Waals surface area contributed by atoms with Crippen molar-refractivity contribution in [3.8, 4) is 17.3 Å². The number of benzene rings is 1. The third-order valence-corrected chi connectivity index (χ3v) is 10.1. The molecule has 3 aliphatic heterocycles. The number of rotatable bonds is 8. The Bertz CT molecular complexity index is 1940. The maximum Gasteiger partial charge on any atom is 0.264 e. The normalized spacial score (nSPS) is 19.6. The quantitative estimate of drug-likeness (QED) is 0.208. The summed E-state index contributed by atoms with van der Waals surface area (Å²) in [5.41, 5.74) is 8.86. The number of nitrogens with zero attached hydrogens (tertiary/aromatic N) is 8. The summed E-state index contributed by atoms with van der Waals surface area (Å²) in [6, 6.07) is 17.0. The van der Waals surface area contributed by atoms with Gasteiger partial charge in [0, 0.05) is 68.3 Å². The predicted octanol–water partition coefficient (Wildman–Crippen LogP) is 3.74. The number of amides is 2. The fourth-order valence-electron chi connectivity index (χ4n) is 7.19. The number of anilines is 2. The fraction of sp³-hybridized carbons (Fsp3) is 0.405. The van der Waals surface area contributed by atoms with Gasteiger partial charge in [-0.1, -0.05) is 18.2 Å². The number of hydrogen-bond acceptors (Lipinski definition) is 10. The molecule has 0 bridgehead atoms. The van der Waals surface area contributed by atoms with Crippen molar-refractivity contribution in [1.82, 2.24) is 34.4 Å². The van der Waals surface area contributed by atoms with Crippen molar-refractivity contribution in [2.45, 2.75) is 44.3 Å². The first-order valence-electron chi connectivity index (χ1n) is 17.2. The number of piperidine rings is 1. The Morgan fingerprint density at radius 1 is 1.00 bits per heavy atom. The molecule has 1 aromatic carbocycles. The molecule has 0 radical (unpaired) electrons. The molecule has 0 saturated carbocycles. The van der Waals surface area contributed by atoms with E-state index in [1.807, 2.05) is 35.0 Å². The molecule has 4 aromatic rings. The van der Waals surface area contributed by atoms with Crippen LogP contribution in [0.2, 0.25) is 0 Å². The Hall–Kier alpha value is -5.16. The van der Waals surface area contributed by atoms with E-state index in [4.69, 9.17) is 15.6 Å². The van der Waals surface area contributed by atoms with Crippen molar-refractivity contribution < 1.29 is 14.3 Å². The highest BCUT2D eigenvalue weighted by atomic mass is 16.5. The zero-order valence-electron chi connectivity index (χ0n) is 28.5. The Morgan fingerprint density at radius 2 is 1.78 bits per heavy atom. The van der Waals surface area contributed by atoms with E-state index >= 15 is 0 Å². The highest BCUT2D eigenvalue weighted by molar-refractivity contribution is 6.05. The average Bonchev–Trinajstić information content (AvgIpc) is 3.51. The van der Waals surface area contributed by atoms with Crippen molar-refractivity contribution >= 4 is 34.4 Å². The molecular weight excluding hydrogens is 632 g/mol. The smallest absolute Gasteiger partial charge is 0.264 e. The third kappa shape index (κ3) is 6.69. The van der Waals surface area contributed by atoms with E-state index in [2.05, 4.69) is 45.0 Å². The maximum absolute atomic E-state index is 13.9. The van der Waals surface area contributed by atoms with Gasteiger partial charge in [-0.05, 0) is 63.1 Å². The van der Waals surface area contributed by atoms with Gasteiger partial charge in [0.2, 0.25) is 0 Å². The monoisotopic (exact) mass is 674 g/mol. The van der Waals surface area contributed by atoms with E-state index in [-0.39, 0.29) is 23.4 Å². The molecule has 2 amide bonds. The molecule has 3 N–H and O–H groups in total. The molecule has 3 fully saturated rings. The predicted molar refractivity (Wildman–Crippen MR) is 190 cm³/mol. The number of nitriles is 1. The molecule has 1 unspecified atom stereocenters. The van der Waals surface area contributed by atoms with E-state index in [0.29, 0.717) is 47.4 Å². The van der Waals surface area contributed by atoms with Crippen LogP contribution in [0.1, 0.15) is 43.1 Å². The van der Waals surface area contributed by atoms with Crippen LogP contribution in [0.5, 0.6) is 0 Å². The number of ether oxygens (including phenoxy) is 1. The number of nitrogens with one attached hydrogen (secondary N) is 1. The van der Waals surface area contributed by atoms with Gasteiger partial charge in [-0.2, -0.15) is 10.4 Å². The summed E-state index contributed by atoms with van der Waals surface area (Å²) in [5, 5.41) is 18.7. The van der Waals surface area contributed by atoms with E-state index in [0.717, 1.165) is 63.3 Å². The summed E-state index contributed by atoms with van der Waals surface area (Å²) in [4.78, 5) is 41.8. The molecule has 3 aromatic heterocycles. The molecule has 3 saturated heterocycles. The minimum Gasteiger partial charge on any atom is -0.383 e. The summed E-state index contributed by atoms with van der Waals surface area (Å²) < 4.78 is 7.31. The molecule has 1 atom stereocenters. The molecule has 6 heterocycles. The van der Waals surface area contributed by atoms with Crippen molar-refractivity contribution in [2.75, 3.05) is 63.5 Å². The summed E-state index contributed by atoms with van der Waals surface area (Å²) >= 11 is 0. The van der Waals surface area contributed by atoms with Crippen LogP contribution in [-0.4, -0.2) is 110 Å². The van der Waals surface area contributed by atoms with Crippen LogP contribution in [0.3, 0.4) is 0 Å². The first kappa shape index (κ1) is 33.3. The highest BCUT2D eigenvalue weighted by Gasteiger charge is 2.35. The standard InChI is InChI=1S/C37H42N10O3/c1-37(2,46-18-16-44(17-19-46)29-23-50-24-29)20-27(21-38)36(49)45-15-5-6-28(22-45)47-30-12-14-41-34(39)32(30)33(43-47)25-8-10-26(11-9-25)35(48)42-31-7-3-4-13-40-31/h3-4,7-14,20,28-29H,5-6,15-19,22-24H2,1-2H3,(H2,39,41)(H,40,42,48). The molecule has 3 aliphatic rings. The lowest BCUT2D eigenvalue weighted by Gasteiger charge is -2.46. The van der Waals surface area contributed by atoms with Gasteiger partial charge in [-0.3, -0.25) is 24.1 Å². The summed E-state index contributed by atoms with van der Waals surface area (Å²) in [6.07, 6.45) is 6.70. The number of carbonyl (C=O) groups is 2. The summed E-state index contributed by atoms with van der Waals surface area (Å²) in [7, 11) is 0. The van der Waals surface area contributed by atoms with Crippen LogP contribution in [0.15, 0.2) is 72.6 Å². The number of nitrogen functional groups attached to an aromatic ring is 1. The number of fused-ring (bicyclic) bond motifs is 1. The Balaban J connectivity index is 1.09. The Labute approximate surface area is 291 Å². The lowest BCUT2D eigenvalue weighted by Crippen LogP contribution is -2.59. The Kier molecular flexibility index (Phi) is 9.33. The molecule has 7 rings (SSSR count). The first-order chi connectivity index (χ1) is 24.2. The van der Waals surface area contributed by atoms with Crippen LogP contribution in [0.25, 0.3) is 22.2 Å². The zero-order valence-corrected chi connectivity index (χ0v) is 28.5. The second-order valence-corrected chi connectivity index (χ2v) is 13.7. The van der Waals surface area contributed by atoms with E-state index in [1.54, 1.807) is 41.6 Å². The van der Waals surface area contributed by atoms with E-state index in [1.165, 1.54) is 0 Å². The summed E-state index contributed by atoms with van der Waals surface area (Å²) in [6.45, 7) is 10.4. The van der Waals surface area contributed by atoms with Crippen molar-refractivity contribution in [3.05, 3.63) is 78.1 Å². The molecule has 50 heavy (non-hydrogen) atoms. The molecule has 13 nitrogen and oxygen atoms in total. The minimum atomic E-state index is -0.454. The van der Waals surface area contributed by atoms with Crippen LogP contribution >= 0.6 is 0 Å². The number of nitrogens with two attached hydrogens (primary N) is 1. The number of piperazine rings is 1. The fourth-order valence-corrected chi connectivity index (χ4v) is 7.19. The largest absolute Gasteiger partial charge is 0.383 e. The van der Waals surface area contributed by atoms with E-state index in [9.17, 15) is 14.9 Å².